The molecule has 5 nitrogen and oxygen atoms in total. The summed E-state index contributed by atoms with van der Waals surface area (Å²) in [4.78, 5) is 32.0. The van der Waals surface area contributed by atoms with Crippen molar-refractivity contribution in [2.24, 2.45) is 5.92 Å². The van der Waals surface area contributed by atoms with Crippen LogP contribution in [0, 0.1) is 5.92 Å². The zero-order chi connectivity index (χ0) is 18.3. The molecule has 134 valence electrons. The minimum atomic E-state index is -0.117. The van der Waals surface area contributed by atoms with Crippen molar-refractivity contribution in [3.63, 3.8) is 0 Å². The Bertz CT molecular complexity index is 1030. The summed E-state index contributed by atoms with van der Waals surface area (Å²) in [5, 5.41) is 0.710. The van der Waals surface area contributed by atoms with E-state index in [1.165, 1.54) is 15.8 Å². The minimum Gasteiger partial charge on any atom is -0.497 e. The molecule has 0 spiro atoms. The van der Waals surface area contributed by atoms with Crippen LogP contribution in [0.5, 0.6) is 5.75 Å². The highest BCUT2D eigenvalue weighted by atomic mass is 32.1. The van der Waals surface area contributed by atoms with Crippen LogP contribution in [0.15, 0.2) is 35.4 Å². The maximum absolute atomic E-state index is 13.0. The first kappa shape index (κ1) is 17.0. The summed E-state index contributed by atoms with van der Waals surface area (Å²) in [5.74, 6) is 1.23. The highest BCUT2D eigenvalue weighted by Gasteiger charge is 2.23. The molecule has 26 heavy (non-hydrogen) atoms. The molecule has 0 bridgehead atoms. The molecule has 1 aliphatic rings. The smallest absolute Gasteiger partial charge is 0.262 e. The first-order valence-electron chi connectivity index (χ1n) is 8.73. The number of Topliss-reactive ketones (excluding diaryl/α,β-unsaturated/α-hetero) is 1. The number of ketones is 1. The van der Waals surface area contributed by atoms with E-state index in [0.29, 0.717) is 22.6 Å². The number of fused-ring (bicyclic) bond motifs is 3. The molecule has 0 radical (unpaired) electrons. The summed E-state index contributed by atoms with van der Waals surface area (Å²) in [7, 11) is 1.58. The predicted molar refractivity (Wildman–Crippen MR) is 102 cm³/mol. The molecule has 1 aromatic carbocycles. The van der Waals surface area contributed by atoms with Gasteiger partial charge in [-0.2, -0.15) is 0 Å². The van der Waals surface area contributed by atoms with Crippen molar-refractivity contribution in [2.75, 3.05) is 7.11 Å². The average molecular weight is 368 g/mol. The first-order chi connectivity index (χ1) is 12.6. The fourth-order valence-electron chi connectivity index (χ4n) is 3.50. The van der Waals surface area contributed by atoms with Gasteiger partial charge in [0, 0.05) is 10.4 Å². The Morgan fingerprint density at radius 3 is 2.85 bits per heavy atom. The second-order valence-corrected chi connectivity index (χ2v) is 7.94. The van der Waals surface area contributed by atoms with Crippen LogP contribution in [0.3, 0.4) is 0 Å². The van der Waals surface area contributed by atoms with Crippen molar-refractivity contribution < 1.29 is 9.53 Å². The summed E-state index contributed by atoms with van der Waals surface area (Å²) < 4.78 is 6.54. The molecule has 0 saturated heterocycles. The van der Waals surface area contributed by atoms with Crippen molar-refractivity contribution in [2.45, 2.75) is 32.7 Å². The summed E-state index contributed by atoms with van der Waals surface area (Å²) in [6.45, 7) is 2.24. The van der Waals surface area contributed by atoms with Gasteiger partial charge in [-0.15, -0.1) is 11.3 Å². The summed E-state index contributed by atoms with van der Waals surface area (Å²) in [5.41, 5.74) is 1.59. The van der Waals surface area contributed by atoms with E-state index in [1.54, 1.807) is 42.7 Å². The monoisotopic (exact) mass is 368 g/mol. The molecule has 4 rings (SSSR count). The number of thiophene rings is 1. The number of rotatable bonds is 4. The molecule has 1 atom stereocenters. The van der Waals surface area contributed by atoms with Crippen LogP contribution >= 0.6 is 11.3 Å². The van der Waals surface area contributed by atoms with Crippen molar-refractivity contribution in [3.8, 4) is 5.75 Å². The van der Waals surface area contributed by atoms with Gasteiger partial charge in [-0.3, -0.25) is 14.2 Å². The molecule has 0 unspecified atom stereocenters. The number of ether oxygens (including phenoxy) is 1. The van der Waals surface area contributed by atoms with Crippen LogP contribution in [0.25, 0.3) is 10.2 Å². The van der Waals surface area contributed by atoms with E-state index < -0.39 is 0 Å². The number of benzene rings is 1. The quantitative estimate of drug-likeness (QED) is 0.662. The van der Waals surface area contributed by atoms with Gasteiger partial charge >= 0.3 is 0 Å². The number of aromatic nitrogens is 2. The predicted octanol–water partition coefficient (Wildman–Crippen LogP) is 3.47. The SMILES string of the molecule is COc1ccc(C(=O)Cn2cnc3sc4c(c3c2=O)CC[C@@H](C)C4)cc1. The number of aryl methyl sites for hydroxylation is 1. The van der Waals surface area contributed by atoms with Gasteiger partial charge in [0.1, 0.15) is 10.6 Å². The Morgan fingerprint density at radius 2 is 2.12 bits per heavy atom. The topological polar surface area (TPSA) is 61.2 Å². The van der Waals surface area contributed by atoms with Gasteiger partial charge in [-0.1, -0.05) is 6.92 Å². The minimum absolute atomic E-state index is 0.00484. The van der Waals surface area contributed by atoms with E-state index >= 15 is 0 Å². The Kier molecular flexibility index (Phi) is 4.36. The molecule has 0 amide bonds. The zero-order valence-corrected chi connectivity index (χ0v) is 15.6. The molecule has 0 N–H and O–H groups in total. The Morgan fingerprint density at radius 1 is 1.35 bits per heavy atom. The third kappa shape index (κ3) is 2.94. The lowest BCUT2D eigenvalue weighted by atomic mass is 9.89. The number of methoxy groups -OCH3 is 1. The van der Waals surface area contributed by atoms with Gasteiger partial charge in [-0.25, -0.2) is 4.98 Å². The standard InChI is InChI=1S/C20H20N2O3S/c1-12-3-8-15-17(9-12)26-19-18(15)20(24)22(11-21-19)10-16(23)13-4-6-14(25-2)7-5-13/h4-7,11-12H,3,8-10H2,1-2H3/t12-/m1/s1. The van der Waals surface area contributed by atoms with E-state index in [4.69, 9.17) is 4.74 Å². The second kappa shape index (κ2) is 6.68. The van der Waals surface area contributed by atoms with Gasteiger partial charge in [0.2, 0.25) is 0 Å². The lowest BCUT2D eigenvalue weighted by molar-refractivity contribution is 0.0970. The van der Waals surface area contributed by atoms with E-state index in [0.717, 1.165) is 29.7 Å². The average Bonchev–Trinajstić information content (AvgIpc) is 3.02. The van der Waals surface area contributed by atoms with Crippen molar-refractivity contribution in [3.05, 3.63) is 57.0 Å². The number of hydrogen-bond acceptors (Lipinski definition) is 5. The van der Waals surface area contributed by atoms with Crippen LogP contribution in [0.1, 0.15) is 34.1 Å². The van der Waals surface area contributed by atoms with Crippen LogP contribution in [-0.2, 0) is 19.4 Å². The van der Waals surface area contributed by atoms with Gasteiger partial charge in [0.05, 0.1) is 25.4 Å². The van der Waals surface area contributed by atoms with Gasteiger partial charge in [0.15, 0.2) is 5.78 Å². The Balaban J connectivity index is 1.67. The molecular formula is C20H20N2O3S. The third-order valence-corrected chi connectivity index (χ3v) is 6.17. The summed E-state index contributed by atoms with van der Waals surface area (Å²) in [6.07, 6.45) is 4.53. The lowest BCUT2D eigenvalue weighted by Crippen LogP contribution is -2.25. The maximum Gasteiger partial charge on any atom is 0.262 e. The number of hydrogen-bond donors (Lipinski definition) is 0. The third-order valence-electron chi connectivity index (χ3n) is 5.01. The fraction of sp³-hybridized carbons (Fsp3) is 0.350. The number of nitrogens with zero attached hydrogens (tertiary/aromatic N) is 2. The van der Waals surface area contributed by atoms with Crippen LogP contribution in [0.4, 0.5) is 0 Å². The van der Waals surface area contributed by atoms with Crippen molar-refractivity contribution >= 4 is 27.3 Å². The van der Waals surface area contributed by atoms with Gasteiger partial charge in [-0.05, 0) is 55.0 Å². The van der Waals surface area contributed by atoms with E-state index in [-0.39, 0.29) is 17.9 Å². The highest BCUT2D eigenvalue weighted by molar-refractivity contribution is 7.18. The molecule has 3 aromatic rings. The zero-order valence-electron chi connectivity index (χ0n) is 14.8. The second-order valence-electron chi connectivity index (χ2n) is 6.86. The highest BCUT2D eigenvalue weighted by Crippen LogP contribution is 2.35. The van der Waals surface area contributed by atoms with Crippen LogP contribution in [0.2, 0.25) is 0 Å². The van der Waals surface area contributed by atoms with Gasteiger partial charge in [0.25, 0.3) is 5.56 Å². The molecule has 0 fully saturated rings. The Labute approximate surface area is 155 Å². The molecule has 0 saturated carbocycles. The van der Waals surface area contributed by atoms with E-state index in [1.807, 2.05) is 0 Å². The summed E-state index contributed by atoms with van der Waals surface area (Å²) in [6, 6.07) is 6.92. The largest absolute Gasteiger partial charge is 0.497 e. The summed E-state index contributed by atoms with van der Waals surface area (Å²) >= 11 is 1.62. The molecule has 2 aromatic heterocycles. The van der Waals surface area contributed by atoms with Crippen molar-refractivity contribution in [1.29, 1.82) is 0 Å². The maximum atomic E-state index is 13.0. The number of carbonyl (C=O) groups is 1. The Hall–Kier alpha value is -2.47. The lowest BCUT2D eigenvalue weighted by Gasteiger charge is -2.17. The van der Waals surface area contributed by atoms with Crippen molar-refractivity contribution in [1.82, 2.24) is 9.55 Å². The molecule has 1 aliphatic carbocycles. The normalized spacial score (nSPS) is 16.5. The molecule has 2 heterocycles. The van der Waals surface area contributed by atoms with Gasteiger partial charge < -0.3 is 4.74 Å². The first-order valence-corrected chi connectivity index (χ1v) is 9.55. The molecule has 0 aliphatic heterocycles. The fourth-order valence-corrected chi connectivity index (χ4v) is 4.84. The molecular weight excluding hydrogens is 348 g/mol. The van der Waals surface area contributed by atoms with Crippen LogP contribution < -0.4 is 10.3 Å². The molecule has 6 heteroatoms. The number of carbonyl (C=O) groups excluding carboxylic acids is 1. The van der Waals surface area contributed by atoms with E-state index in [2.05, 4.69) is 11.9 Å². The van der Waals surface area contributed by atoms with Crippen LogP contribution in [-0.4, -0.2) is 22.4 Å². The van der Waals surface area contributed by atoms with E-state index in [9.17, 15) is 9.59 Å².